The standard InChI is InChI=1S/C18H27BrN2O2/c1-14-13-20(10-9-15-5-7-16(19)8-6-15)11-12-21(14)17(22)23-18(2,3)4/h5-8,14H,9-13H2,1-4H3/t14-/m1/s1. The van der Waals surface area contributed by atoms with Crippen LogP contribution < -0.4 is 0 Å². The van der Waals surface area contributed by atoms with E-state index in [0.29, 0.717) is 0 Å². The highest BCUT2D eigenvalue weighted by atomic mass is 79.9. The summed E-state index contributed by atoms with van der Waals surface area (Å²) in [6.07, 6.45) is 0.837. The average Bonchev–Trinajstić information content (AvgIpc) is 2.45. The maximum atomic E-state index is 12.2. The van der Waals surface area contributed by atoms with Gasteiger partial charge in [-0.15, -0.1) is 0 Å². The van der Waals surface area contributed by atoms with E-state index < -0.39 is 5.60 Å². The number of piperazine rings is 1. The normalized spacial score (nSPS) is 19.7. The quantitative estimate of drug-likeness (QED) is 0.793. The van der Waals surface area contributed by atoms with Gasteiger partial charge in [-0.05, 0) is 51.8 Å². The molecule has 0 N–H and O–H groups in total. The van der Waals surface area contributed by atoms with Gasteiger partial charge in [0.15, 0.2) is 0 Å². The number of rotatable bonds is 3. The third-order valence-electron chi connectivity index (χ3n) is 3.97. The molecule has 1 aromatic rings. The lowest BCUT2D eigenvalue weighted by Gasteiger charge is -2.40. The van der Waals surface area contributed by atoms with E-state index in [2.05, 4.69) is 52.0 Å². The third-order valence-corrected chi connectivity index (χ3v) is 4.50. The van der Waals surface area contributed by atoms with Crippen LogP contribution in [0.25, 0.3) is 0 Å². The second kappa shape index (κ2) is 7.67. The zero-order chi connectivity index (χ0) is 17.0. The van der Waals surface area contributed by atoms with E-state index in [1.165, 1.54) is 5.56 Å². The summed E-state index contributed by atoms with van der Waals surface area (Å²) in [6, 6.07) is 8.66. The van der Waals surface area contributed by atoms with E-state index in [9.17, 15) is 4.79 Å². The summed E-state index contributed by atoms with van der Waals surface area (Å²) >= 11 is 3.46. The van der Waals surface area contributed by atoms with E-state index in [1.54, 1.807) is 0 Å². The van der Waals surface area contributed by atoms with Gasteiger partial charge in [0, 0.05) is 36.7 Å². The van der Waals surface area contributed by atoms with Gasteiger partial charge in [0.1, 0.15) is 5.60 Å². The number of hydrogen-bond donors (Lipinski definition) is 0. The van der Waals surface area contributed by atoms with Crippen molar-refractivity contribution in [1.29, 1.82) is 0 Å². The molecule has 1 saturated heterocycles. The highest BCUT2D eigenvalue weighted by molar-refractivity contribution is 9.10. The van der Waals surface area contributed by atoms with Crippen LogP contribution in [-0.4, -0.2) is 53.7 Å². The Balaban J connectivity index is 1.81. The Kier molecular flexibility index (Phi) is 6.09. The first-order valence-electron chi connectivity index (χ1n) is 8.21. The number of ether oxygens (including phenoxy) is 1. The Morgan fingerprint density at radius 3 is 2.48 bits per heavy atom. The van der Waals surface area contributed by atoms with Gasteiger partial charge in [-0.3, -0.25) is 4.90 Å². The second-order valence-corrected chi connectivity index (χ2v) is 8.12. The van der Waals surface area contributed by atoms with Crippen molar-refractivity contribution < 1.29 is 9.53 Å². The minimum Gasteiger partial charge on any atom is -0.444 e. The van der Waals surface area contributed by atoms with Crippen molar-refractivity contribution in [3.63, 3.8) is 0 Å². The van der Waals surface area contributed by atoms with Crippen molar-refractivity contribution in [1.82, 2.24) is 9.80 Å². The first-order valence-corrected chi connectivity index (χ1v) is 9.00. The number of hydrogen-bond acceptors (Lipinski definition) is 3. The molecule has 1 atom stereocenters. The van der Waals surface area contributed by atoms with Crippen molar-refractivity contribution in [2.45, 2.75) is 45.8 Å². The maximum absolute atomic E-state index is 12.2. The second-order valence-electron chi connectivity index (χ2n) is 7.20. The Hall–Kier alpha value is -1.07. The minimum absolute atomic E-state index is 0.184. The summed E-state index contributed by atoms with van der Waals surface area (Å²) in [5, 5.41) is 0. The molecule has 1 aromatic carbocycles. The molecular weight excluding hydrogens is 356 g/mol. The molecule has 23 heavy (non-hydrogen) atoms. The molecule has 0 aromatic heterocycles. The predicted molar refractivity (Wildman–Crippen MR) is 96.7 cm³/mol. The average molecular weight is 383 g/mol. The summed E-state index contributed by atoms with van der Waals surface area (Å²) in [6.45, 7) is 11.4. The molecule has 1 heterocycles. The van der Waals surface area contributed by atoms with Gasteiger partial charge >= 0.3 is 6.09 Å². The minimum atomic E-state index is -0.435. The van der Waals surface area contributed by atoms with Crippen molar-refractivity contribution >= 4 is 22.0 Å². The topological polar surface area (TPSA) is 32.8 Å². The molecule has 0 aliphatic carbocycles. The van der Waals surface area contributed by atoms with E-state index in [4.69, 9.17) is 4.74 Å². The molecule has 1 fully saturated rings. The third kappa shape index (κ3) is 5.81. The molecule has 1 amide bonds. The molecule has 1 aliphatic rings. The first kappa shape index (κ1) is 18.3. The zero-order valence-electron chi connectivity index (χ0n) is 14.5. The van der Waals surface area contributed by atoms with Gasteiger partial charge < -0.3 is 9.64 Å². The molecule has 0 bridgehead atoms. The highest BCUT2D eigenvalue weighted by Crippen LogP contribution is 2.16. The van der Waals surface area contributed by atoms with Crippen LogP contribution in [0, 0.1) is 0 Å². The summed E-state index contributed by atoms with van der Waals surface area (Å²) in [5.74, 6) is 0. The molecule has 0 saturated carbocycles. The number of halogens is 1. The molecule has 0 spiro atoms. The Bertz CT molecular complexity index is 525. The molecule has 1 aliphatic heterocycles. The largest absolute Gasteiger partial charge is 0.444 e. The smallest absolute Gasteiger partial charge is 0.410 e. The van der Waals surface area contributed by atoms with Crippen LogP contribution in [0.3, 0.4) is 0 Å². The highest BCUT2D eigenvalue weighted by Gasteiger charge is 2.30. The molecular formula is C18H27BrN2O2. The number of carbonyl (C=O) groups is 1. The van der Waals surface area contributed by atoms with Gasteiger partial charge in [-0.1, -0.05) is 28.1 Å². The first-order chi connectivity index (χ1) is 10.7. The Labute approximate surface area is 147 Å². The lowest BCUT2D eigenvalue weighted by Crippen LogP contribution is -2.55. The fourth-order valence-corrected chi connectivity index (χ4v) is 3.03. The van der Waals surface area contributed by atoms with Crippen LogP contribution in [0.15, 0.2) is 28.7 Å². The van der Waals surface area contributed by atoms with Gasteiger partial charge in [0.05, 0.1) is 0 Å². The van der Waals surface area contributed by atoms with Crippen LogP contribution in [0.4, 0.5) is 4.79 Å². The number of amides is 1. The van der Waals surface area contributed by atoms with E-state index in [-0.39, 0.29) is 12.1 Å². The van der Waals surface area contributed by atoms with Crippen LogP contribution in [-0.2, 0) is 11.2 Å². The fraction of sp³-hybridized carbons (Fsp3) is 0.611. The summed E-state index contributed by atoms with van der Waals surface area (Å²) < 4.78 is 6.60. The lowest BCUT2D eigenvalue weighted by atomic mass is 10.1. The van der Waals surface area contributed by atoms with Crippen molar-refractivity contribution in [2.75, 3.05) is 26.2 Å². The van der Waals surface area contributed by atoms with Crippen LogP contribution >= 0.6 is 15.9 Å². The maximum Gasteiger partial charge on any atom is 0.410 e. The summed E-state index contributed by atoms with van der Waals surface area (Å²) in [7, 11) is 0. The molecule has 0 radical (unpaired) electrons. The molecule has 4 nitrogen and oxygen atoms in total. The van der Waals surface area contributed by atoms with E-state index >= 15 is 0 Å². The van der Waals surface area contributed by atoms with Gasteiger partial charge in [0.25, 0.3) is 0 Å². The predicted octanol–water partition coefficient (Wildman–Crippen LogP) is 3.93. The number of benzene rings is 1. The lowest BCUT2D eigenvalue weighted by molar-refractivity contribution is 0.00163. The van der Waals surface area contributed by atoms with Gasteiger partial charge in [-0.25, -0.2) is 4.79 Å². The van der Waals surface area contributed by atoms with Crippen LogP contribution in [0.1, 0.15) is 33.3 Å². The van der Waals surface area contributed by atoms with Gasteiger partial charge in [-0.2, -0.15) is 0 Å². The van der Waals surface area contributed by atoms with Crippen molar-refractivity contribution in [3.8, 4) is 0 Å². The Morgan fingerprint density at radius 2 is 1.91 bits per heavy atom. The summed E-state index contributed by atoms with van der Waals surface area (Å²) in [4.78, 5) is 16.5. The summed E-state index contributed by atoms with van der Waals surface area (Å²) in [5.41, 5.74) is 0.908. The van der Waals surface area contributed by atoms with Crippen LogP contribution in [0.5, 0.6) is 0 Å². The monoisotopic (exact) mass is 382 g/mol. The van der Waals surface area contributed by atoms with Gasteiger partial charge in [0.2, 0.25) is 0 Å². The van der Waals surface area contributed by atoms with E-state index in [1.807, 2.05) is 25.7 Å². The molecule has 2 rings (SSSR count). The van der Waals surface area contributed by atoms with E-state index in [0.717, 1.165) is 37.1 Å². The van der Waals surface area contributed by atoms with Crippen molar-refractivity contribution in [3.05, 3.63) is 34.3 Å². The van der Waals surface area contributed by atoms with Crippen molar-refractivity contribution in [2.24, 2.45) is 0 Å². The number of nitrogens with zero attached hydrogens (tertiary/aromatic N) is 2. The molecule has 128 valence electrons. The molecule has 0 unspecified atom stereocenters. The number of carbonyl (C=O) groups excluding carboxylic acids is 1. The van der Waals surface area contributed by atoms with Crippen LogP contribution in [0.2, 0.25) is 0 Å². The zero-order valence-corrected chi connectivity index (χ0v) is 16.1. The Morgan fingerprint density at radius 1 is 1.26 bits per heavy atom. The SMILES string of the molecule is C[C@@H]1CN(CCc2ccc(Br)cc2)CCN1C(=O)OC(C)(C)C. The fourth-order valence-electron chi connectivity index (χ4n) is 2.77. The molecule has 5 heteroatoms.